The molecule has 1 aromatic heterocycles. The summed E-state index contributed by atoms with van der Waals surface area (Å²) in [5.74, 6) is 0. The average Bonchev–Trinajstić information content (AvgIpc) is 2.69. The van der Waals surface area contributed by atoms with Crippen LogP contribution in [0.4, 0.5) is 32.3 Å². The van der Waals surface area contributed by atoms with Crippen LogP contribution in [-0.2, 0) is 0 Å². The molecule has 0 spiro atoms. The highest BCUT2D eigenvalue weighted by Crippen LogP contribution is 2.23. The molecular formula is C21H19I2N5O2. The Hall–Kier alpha value is -2.41. The van der Waals surface area contributed by atoms with Crippen molar-refractivity contribution in [2.75, 3.05) is 21.3 Å². The summed E-state index contributed by atoms with van der Waals surface area (Å²) in [4.78, 5) is 29.1. The lowest BCUT2D eigenvalue weighted by atomic mass is 10.2. The van der Waals surface area contributed by atoms with Crippen LogP contribution in [0.15, 0.2) is 54.6 Å². The summed E-state index contributed by atoms with van der Waals surface area (Å²) in [6.07, 6.45) is 0. The first-order valence-electron chi connectivity index (χ1n) is 8.95. The Balaban J connectivity index is 1.68. The third kappa shape index (κ3) is 6.29. The van der Waals surface area contributed by atoms with Crippen LogP contribution in [-0.4, -0.2) is 17.0 Å². The van der Waals surface area contributed by atoms with Gasteiger partial charge in [0.1, 0.15) is 0 Å². The fourth-order valence-electron chi connectivity index (χ4n) is 2.61. The van der Waals surface area contributed by atoms with E-state index in [1.807, 2.05) is 48.5 Å². The Kier molecular flexibility index (Phi) is 7.48. The van der Waals surface area contributed by atoms with Crippen molar-refractivity contribution in [3.63, 3.8) is 0 Å². The lowest BCUT2D eigenvalue weighted by Crippen LogP contribution is -2.22. The van der Waals surface area contributed by atoms with Gasteiger partial charge in [-0.2, -0.15) is 0 Å². The second kappa shape index (κ2) is 10.1. The molecule has 0 fully saturated rings. The molecule has 7 nitrogen and oxygen atoms in total. The van der Waals surface area contributed by atoms with Gasteiger partial charge in [-0.15, -0.1) is 0 Å². The SMILES string of the molecule is Cc1nc(C)c(NC(=O)Nc2ccc(I)cc2)cc1NC(=O)Nc1ccc(I)cc1. The molecule has 0 atom stereocenters. The second-order valence-corrected chi connectivity index (χ2v) is 8.92. The van der Waals surface area contributed by atoms with E-state index in [9.17, 15) is 9.59 Å². The maximum atomic E-state index is 12.4. The zero-order chi connectivity index (χ0) is 21.7. The van der Waals surface area contributed by atoms with Crippen LogP contribution in [0.5, 0.6) is 0 Å². The monoisotopic (exact) mass is 627 g/mol. The zero-order valence-electron chi connectivity index (χ0n) is 16.2. The van der Waals surface area contributed by atoms with E-state index in [2.05, 4.69) is 71.4 Å². The van der Waals surface area contributed by atoms with E-state index < -0.39 is 0 Å². The van der Waals surface area contributed by atoms with E-state index >= 15 is 0 Å². The van der Waals surface area contributed by atoms with Gasteiger partial charge in [-0.1, -0.05) is 0 Å². The molecular weight excluding hydrogens is 608 g/mol. The van der Waals surface area contributed by atoms with E-state index in [1.54, 1.807) is 19.9 Å². The number of hydrogen-bond acceptors (Lipinski definition) is 3. The summed E-state index contributed by atoms with van der Waals surface area (Å²) < 4.78 is 2.16. The topological polar surface area (TPSA) is 95.2 Å². The zero-order valence-corrected chi connectivity index (χ0v) is 20.5. The third-order valence-electron chi connectivity index (χ3n) is 4.10. The van der Waals surface area contributed by atoms with Gasteiger partial charge in [-0.3, -0.25) is 4.98 Å². The number of nitrogens with zero attached hydrogens (tertiary/aromatic N) is 1. The maximum absolute atomic E-state index is 12.4. The standard InChI is InChI=1S/C21H19I2N5O2/c1-12-18(27-20(29)25-16-7-3-14(22)4-8-16)11-19(13(2)24-12)28-21(30)26-17-9-5-15(23)6-10-17/h3-11H,1-2H3,(H2,25,27,29)(H2,26,28,30). The number of nitrogens with one attached hydrogen (secondary N) is 4. The van der Waals surface area contributed by atoms with Crippen molar-refractivity contribution in [3.8, 4) is 0 Å². The molecule has 9 heteroatoms. The quantitative estimate of drug-likeness (QED) is 0.260. The van der Waals surface area contributed by atoms with E-state index in [-0.39, 0.29) is 12.1 Å². The maximum Gasteiger partial charge on any atom is 0.323 e. The molecule has 0 aliphatic heterocycles. The van der Waals surface area contributed by atoms with Crippen LogP contribution >= 0.6 is 45.2 Å². The number of amides is 4. The Bertz CT molecular complexity index is 987. The number of aromatic nitrogens is 1. The Morgan fingerprint density at radius 2 is 1.03 bits per heavy atom. The third-order valence-corrected chi connectivity index (χ3v) is 5.54. The Labute approximate surface area is 201 Å². The molecule has 1 heterocycles. The average molecular weight is 627 g/mol. The molecule has 0 aliphatic carbocycles. The molecule has 30 heavy (non-hydrogen) atoms. The van der Waals surface area contributed by atoms with Gasteiger partial charge in [0.25, 0.3) is 0 Å². The summed E-state index contributed by atoms with van der Waals surface area (Å²) in [5.41, 5.74) is 3.67. The minimum absolute atomic E-state index is 0.390. The molecule has 0 aliphatic rings. The first-order valence-corrected chi connectivity index (χ1v) is 11.1. The molecule has 0 bridgehead atoms. The van der Waals surface area contributed by atoms with Crippen LogP contribution in [0.1, 0.15) is 11.4 Å². The number of pyridine rings is 1. The minimum atomic E-state index is -0.390. The van der Waals surface area contributed by atoms with E-state index in [4.69, 9.17) is 0 Å². The Morgan fingerprint density at radius 1 is 0.667 bits per heavy atom. The molecule has 4 amide bonds. The van der Waals surface area contributed by atoms with Gasteiger partial charge in [0, 0.05) is 18.5 Å². The van der Waals surface area contributed by atoms with Crippen LogP contribution in [0.25, 0.3) is 0 Å². The second-order valence-electron chi connectivity index (χ2n) is 6.43. The van der Waals surface area contributed by atoms with Gasteiger partial charge in [-0.05, 0) is 114 Å². The fourth-order valence-corrected chi connectivity index (χ4v) is 3.33. The lowest BCUT2D eigenvalue weighted by molar-refractivity contribution is 0.261. The van der Waals surface area contributed by atoms with Gasteiger partial charge < -0.3 is 21.3 Å². The van der Waals surface area contributed by atoms with Gasteiger partial charge in [0.15, 0.2) is 0 Å². The summed E-state index contributed by atoms with van der Waals surface area (Å²) in [7, 11) is 0. The molecule has 0 saturated heterocycles. The van der Waals surface area contributed by atoms with Crippen molar-refractivity contribution in [1.29, 1.82) is 0 Å². The first kappa shape index (κ1) is 22.3. The van der Waals surface area contributed by atoms with Crippen LogP contribution < -0.4 is 21.3 Å². The smallest absolute Gasteiger partial charge is 0.308 e. The molecule has 0 saturated carbocycles. The largest absolute Gasteiger partial charge is 0.323 e. The van der Waals surface area contributed by atoms with Crippen LogP contribution in [0.2, 0.25) is 0 Å². The van der Waals surface area contributed by atoms with Crippen molar-refractivity contribution in [1.82, 2.24) is 4.98 Å². The number of carbonyl (C=O) groups excluding carboxylic acids is 2. The van der Waals surface area contributed by atoms with Crippen molar-refractivity contribution < 1.29 is 9.59 Å². The summed E-state index contributed by atoms with van der Waals surface area (Å²) in [5, 5.41) is 11.1. The van der Waals surface area contributed by atoms with E-state index in [0.29, 0.717) is 34.1 Å². The highest BCUT2D eigenvalue weighted by atomic mass is 127. The number of halogens is 2. The van der Waals surface area contributed by atoms with E-state index in [1.165, 1.54) is 0 Å². The van der Waals surface area contributed by atoms with Crippen molar-refractivity contribution in [3.05, 3.63) is 73.1 Å². The summed E-state index contributed by atoms with van der Waals surface area (Å²) in [6, 6.07) is 15.8. The molecule has 3 rings (SSSR count). The molecule has 2 aromatic carbocycles. The van der Waals surface area contributed by atoms with Crippen molar-refractivity contribution in [2.24, 2.45) is 0 Å². The molecule has 4 N–H and O–H groups in total. The normalized spacial score (nSPS) is 10.3. The molecule has 3 aromatic rings. The number of aryl methyl sites for hydroxylation is 2. The fraction of sp³-hybridized carbons (Fsp3) is 0.0952. The minimum Gasteiger partial charge on any atom is -0.308 e. The summed E-state index contributed by atoms with van der Waals surface area (Å²) >= 11 is 4.40. The number of anilines is 4. The van der Waals surface area contributed by atoms with Crippen molar-refractivity contribution in [2.45, 2.75) is 13.8 Å². The molecule has 154 valence electrons. The number of benzene rings is 2. The van der Waals surface area contributed by atoms with Crippen LogP contribution in [0, 0.1) is 21.0 Å². The lowest BCUT2D eigenvalue weighted by Gasteiger charge is -2.14. The highest BCUT2D eigenvalue weighted by molar-refractivity contribution is 14.1. The predicted molar refractivity (Wildman–Crippen MR) is 137 cm³/mol. The van der Waals surface area contributed by atoms with Gasteiger partial charge in [0.2, 0.25) is 0 Å². The number of carbonyl (C=O) groups is 2. The first-order chi connectivity index (χ1) is 14.3. The molecule has 0 radical (unpaired) electrons. The van der Waals surface area contributed by atoms with Gasteiger partial charge in [-0.25, -0.2) is 9.59 Å². The molecule has 0 unspecified atom stereocenters. The van der Waals surface area contributed by atoms with E-state index in [0.717, 1.165) is 7.14 Å². The number of hydrogen-bond donors (Lipinski definition) is 4. The number of rotatable bonds is 4. The van der Waals surface area contributed by atoms with Crippen LogP contribution in [0.3, 0.4) is 0 Å². The van der Waals surface area contributed by atoms with Gasteiger partial charge in [0.05, 0.1) is 22.8 Å². The Morgan fingerprint density at radius 3 is 1.40 bits per heavy atom. The van der Waals surface area contributed by atoms with Gasteiger partial charge >= 0.3 is 12.1 Å². The highest BCUT2D eigenvalue weighted by Gasteiger charge is 2.12. The number of urea groups is 2. The summed E-state index contributed by atoms with van der Waals surface area (Å²) in [6.45, 7) is 3.59. The van der Waals surface area contributed by atoms with Crippen molar-refractivity contribution >= 4 is 80.0 Å². The predicted octanol–water partition coefficient (Wildman–Crippen LogP) is 6.20.